The van der Waals surface area contributed by atoms with Gasteiger partial charge in [0.15, 0.2) is 5.69 Å². The third-order valence-corrected chi connectivity index (χ3v) is 1.61. The van der Waals surface area contributed by atoms with Gasteiger partial charge < -0.3 is 0 Å². The zero-order valence-electron chi connectivity index (χ0n) is 8.06. The lowest BCUT2D eigenvalue weighted by atomic mass is 9.89. The maximum atomic E-state index is 12.9. The standard InChI is InChI=1S/C8H12F2N2O/c1-7(2,3)5-6(8(4,9)10)12-13-11-5/h1-4H3. The van der Waals surface area contributed by atoms with Crippen LogP contribution in [0.4, 0.5) is 8.78 Å². The van der Waals surface area contributed by atoms with Gasteiger partial charge >= 0.3 is 0 Å². The molecule has 1 rings (SSSR count). The molecule has 0 aromatic carbocycles. The molecule has 0 aliphatic heterocycles. The van der Waals surface area contributed by atoms with Crippen molar-refractivity contribution >= 4 is 0 Å². The highest BCUT2D eigenvalue weighted by Crippen LogP contribution is 2.33. The van der Waals surface area contributed by atoms with Crippen LogP contribution in [-0.4, -0.2) is 10.3 Å². The van der Waals surface area contributed by atoms with Gasteiger partial charge in [0.25, 0.3) is 5.92 Å². The van der Waals surface area contributed by atoms with Crippen LogP contribution in [0.1, 0.15) is 39.1 Å². The quantitative estimate of drug-likeness (QED) is 0.682. The van der Waals surface area contributed by atoms with Crippen LogP contribution < -0.4 is 0 Å². The molecule has 0 unspecified atom stereocenters. The minimum atomic E-state index is -3.00. The van der Waals surface area contributed by atoms with E-state index in [-0.39, 0.29) is 11.4 Å². The van der Waals surface area contributed by atoms with Crippen LogP contribution in [0.2, 0.25) is 0 Å². The van der Waals surface area contributed by atoms with Crippen LogP contribution in [0.5, 0.6) is 0 Å². The van der Waals surface area contributed by atoms with E-state index < -0.39 is 11.3 Å². The fraction of sp³-hybridized carbons (Fsp3) is 0.750. The van der Waals surface area contributed by atoms with Crippen molar-refractivity contribution in [1.82, 2.24) is 10.3 Å². The van der Waals surface area contributed by atoms with Gasteiger partial charge in [0.05, 0.1) is 0 Å². The van der Waals surface area contributed by atoms with Crippen LogP contribution in [0, 0.1) is 0 Å². The van der Waals surface area contributed by atoms with Gasteiger partial charge in [-0.2, -0.15) is 8.78 Å². The molecule has 0 bridgehead atoms. The summed E-state index contributed by atoms with van der Waals surface area (Å²) in [4.78, 5) is 0. The molecule has 1 heterocycles. The summed E-state index contributed by atoms with van der Waals surface area (Å²) in [6, 6.07) is 0. The van der Waals surface area contributed by atoms with E-state index in [1.165, 1.54) is 0 Å². The molecule has 1 aromatic rings. The number of hydrogen-bond donors (Lipinski definition) is 0. The molecule has 0 N–H and O–H groups in total. The average molecular weight is 190 g/mol. The van der Waals surface area contributed by atoms with Crippen molar-refractivity contribution in [1.29, 1.82) is 0 Å². The van der Waals surface area contributed by atoms with E-state index in [4.69, 9.17) is 0 Å². The molecule has 74 valence electrons. The van der Waals surface area contributed by atoms with Crippen molar-refractivity contribution in [2.24, 2.45) is 0 Å². The second-order valence-corrected chi connectivity index (χ2v) is 4.10. The highest BCUT2D eigenvalue weighted by Gasteiger charge is 2.37. The van der Waals surface area contributed by atoms with Crippen molar-refractivity contribution in [3.05, 3.63) is 11.4 Å². The van der Waals surface area contributed by atoms with Crippen molar-refractivity contribution in [3.63, 3.8) is 0 Å². The Bertz CT molecular complexity index is 267. The van der Waals surface area contributed by atoms with Crippen LogP contribution in [0.25, 0.3) is 0 Å². The third-order valence-electron chi connectivity index (χ3n) is 1.61. The van der Waals surface area contributed by atoms with E-state index in [0.717, 1.165) is 6.92 Å². The Labute approximate surface area is 75.1 Å². The summed E-state index contributed by atoms with van der Waals surface area (Å²) in [5.74, 6) is -3.00. The first-order valence-electron chi connectivity index (χ1n) is 3.94. The number of halogens is 2. The molecular formula is C8H12F2N2O. The molecule has 0 radical (unpaired) electrons. The predicted octanol–water partition coefficient (Wildman–Crippen LogP) is 2.48. The van der Waals surface area contributed by atoms with Gasteiger partial charge in [0.1, 0.15) is 5.69 Å². The molecule has 0 amide bonds. The lowest BCUT2D eigenvalue weighted by Crippen LogP contribution is -2.20. The van der Waals surface area contributed by atoms with Crippen LogP contribution in [0.3, 0.4) is 0 Å². The Balaban J connectivity index is 3.19. The molecule has 0 fully saturated rings. The zero-order chi connectivity index (χ0) is 10.3. The molecule has 0 atom stereocenters. The number of rotatable bonds is 1. The van der Waals surface area contributed by atoms with E-state index in [1.54, 1.807) is 20.8 Å². The predicted molar refractivity (Wildman–Crippen MR) is 42.6 cm³/mol. The van der Waals surface area contributed by atoms with Crippen molar-refractivity contribution in [2.75, 3.05) is 0 Å². The molecule has 3 nitrogen and oxygen atoms in total. The molecule has 13 heavy (non-hydrogen) atoms. The van der Waals surface area contributed by atoms with Gasteiger partial charge in [-0.25, -0.2) is 4.63 Å². The van der Waals surface area contributed by atoms with Gasteiger partial charge in [0, 0.05) is 12.3 Å². The number of alkyl halides is 2. The molecule has 0 saturated carbocycles. The topological polar surface area (TPSA) is 38.9 Å². The van der Waals surface area contributed by atoms with Gasteiger partial charge in [-0.3, -0.25) is 0 Å². The smallest absolute Gasteiger partial charge is 0.244 e. The molecular weight excluding hydrogens is 178 g/mol. The summed E-state index contributed by atoms with van der Waals surface area (Å²) in [5, 5.41) is 6.71. The first-order valence-corrected chi connectivity index (χ1v) is 3.94. The number of hydrogen-bond acceptors (Lipinski definition) is 3. The SMILES string of the molecule is CC(C)(C)c1nonc1C(C)(F)F. The monoisotopic (exact) mass is 190 g/mol. The van der Waals surface area contributed by atoms with Gasteiger partial charge in [-0.05, 0) is 5.16 Å². The molecule has 0 saturated heterocycles. The Kier molecular flexibility index (Phi) is 2.13. The van der Waals surface area contributed by atoms with Crippen LogP contribution >= 0.6 is 0 Å². The second-order valence-electron chi connectivity index (χ2n) is 4.10. The summed E-state index contributed by atoms with van der Waals surface area (Å²) in [6.45, 7) is 6.12. The van der Waals surface area contributed by atoms with Gasteiger partial charge in [-0.1, -0.05) is 25.9 Å². The molecule has 0 aliphatic rings. The highest BCUT2D eigenvalue weighted by molar-refractivity contribution is 5.20. The lowest BCUT2D eigenvalue weighted by molar-refractivity contribution is 0.00802. The number of nitrogens with zero attached hydrogens (tertiary/aromatic N) is 2. The molecule has 0 spiro atoms. The van der Waals surface area contributed by atoms with E-state index in [1.807, 2.05) is 0 Å². The summed E-state index contributed by atoms with van der Waals surface area (Å²) in [7, 11) is 0. The summed E-state index contributed by atoms with van der Waals surface area (Å²) >= 11 is 0. The summed E-state index contributed by atoms with van der Waals surface area (Å²) < 4.78 is 30.2. The summed E-state index contributed by atoms with van der Waals surface area (Å²) in [5.41, 5.74) is -0.644. The molecule has 0 aliphatic carbocycles. The maximum absolute atomic E-state index is 12.9. The first-order chi connectivity index (χ1) is 5.73. The van der Waals surface area contributed by atoms with Crippen molar-refractivity contribution in [2.45, 2.75) is 39.0 Å². The van der Waals surface area contributed by atoms with Gasteiger partial charge in [-0.15, -0.1) is 0 Å². The van der Waals surface area contributed by atoms with E-state index in [2.05, 4.69) is 14.9 Å². The molecule has 1 aromatic heterocycles. The Hall–Kier alpha value is -1.00. The normalized spacial score (nSPS) is 13.4. The van der Waals surface area contributed by atoms with Crippen LogP contribution in [0.15, 0.2) is 4.63 Å². The lowest BCUT2D eigenvalue weighted by Gasteiger charge is -2.17. The van der Waals surface area contributed by atoms with Gasteiger partial charge in [0.2, 0.25) is 0 Å². The minimum absolute atomic E-state index is 0.208. The minimum Gasteiger partial charge on any atom is -0.244 e. The van der Waals surface area contributed by atoms with Crippen LogP contribution in [-0.2, 0) is 11.3 Å². The van der Waals surface area contributed by atoms with Crippen molar-refractivity contribution in [3.8, 4) is 0 Å². The Morgan fingerprint density at radius 2 is 1.46 bits per heavy atom. The van der Waals surface area contributed by atoms with E-state index in [0.29, 0.717) is 0 Å². The zero-order valence-corrected chi connectivity index (χ0v) is 8.06. The Morgan fingerprint density at radius 3 is 1.77 bits per heavy atom. The average Bonchev–Trinajstić information content (AvgIpc) is 2.27. The number of aromatic nitrogens is 2. The second kappa shape index (κ2) is 2.75. The van der Waals surface area contributed by atoms with E-state index in [9.17, 15) is 8.78 Å². The third kappa shape index (κ3) is 2.02. The Morgan fingerprint density at radius 1 is 1.00 bits per heavy atom. The van der Waals surface area contributed by atoms with Crippen molar-refractivity contribution < 1.29 is 13.4 Å². The maximum Gasteiger partial charge on any atom is 0.292 e. The largest absolute Gasteiger partial charge is 0.292 e. The molecule has 5 heteroatoms. The fourth-order valence-electron chi connectivity index (χ4n) is 0.969. The summed E-state index contributed by atoms with van der Waals surface area (Å²) in [6.07, 6.45) is 0. The van der Waals surface area contributed by atoms with E-state index >= 15 is 0 Å². The first kappa shape index (κ1) is 10.1. The highest BCUT2D eigenvalue weighted by atomic mass is 19.3. The fourth-order valence-corrected chi connectivity index (χ4v) is 0.969.